The lowest BCUT2D eigenvalue weighted by Crippen LogP contribution is -2.11. The number of amides is 1. The molecule has 1 amide bonds. The molecule has 5 N–H and O–H groups in total. The second-order valence-corrected chi connectivity index (χ2v) is 6.23. The first-order valence-corrected chi connectivity index (χ1v) is 7.58. The Balaban J connectivity index is 1.84. The zero-order valence-electron chi connectivity index (χ0n) is 11.4. The Hall–Kier alpha value is -2.08. The molecule has 21 heavy (non-hydrogen) atoms. The van der Waals surface area contributed by atoms with Gasteiger partial charge in [0.1, 0.15) is 10.7 Å². The molecule has 1 fully saturated rings. The number of primary amides is 1. The molecular formula is C15H16FN3OS. The number of benzene rings is 1. The van der Waals surface area contributed by atoms with Gasteiger partial charge in [-0.1, -0.05) is 12.1 Å². The van der Waals surface area contributed by atoms with E-state index in [1.54, 1.807) is 6.07 Å². The summed E-state index contributed by atoms with van der Waals surface area (Å²) in [6.07, 6.45) is 2.15. The predicted molar refractivity (Wildman–Crippen MR) is 83.0 cm³/mol. The fourth-order valence-electron chi connectivity index (χ4n) is 2.38. The van der Waals surface area contributed by atoms with Crippen molar-refractivity contribution in [3.63, 3.8) is 0 Å². The van der Waals surface area contributed by atoms with Crippen LogP contribution in [-0.2, 0) is 6.54 Å². The summed E-state index contributed by atoms with van der Waals surface area (Å²) in [5.41, 5.74) is 13.7. The van der Waals surface area contributed by atoms with Crippen molar-refractivity contribution in [2.45, 2.75) is 25.3 Å². The molecule has 1 aromatic heterocycles. The maximum Gasteiger partial charge on any atom is 0.260 e. The lowest BCUT2D eigenvalue weighted by molar-refractivity contribution is 0.100. The average molecular weight is 305 g/mol. The fourth-order valence-corrected chi connectivity index (χ4v) is 3.43. The van der Waals surface area contributed by atoms with E-state index in [0.29, 0.717) is 23.0 Å². The van der Waals surface area contributed by atoms with Crippen LogP contribution in [0.2, 0.25) is 0 Å². The zero-order chi connectivity index (χ0) is 15.0. The Morgan fingerprint density at radius 3 is 2.81 bits per heavy atom. The van der Waals surface area contributed by atoms with E-state index in [9.17, 15) is 9.18 Å². The van der Waals surface area contributed by atoms with Crippen LogP contribution in [-0.4, -0.2) is 5.91 Å². The van der Waals surface area contributed by atoms with E-state index in [-0.39, 0.29) is 5.82 Å². The van der Waals surface area contributed by atoms with E-state index >= 15 is 0 Å². The standard InChI is InChI=1S/C15H16FN3OS/c16-10-3-1-2-8(6-10)7-19-15-11(9-4-5-9)12(17)13(21-15)14(18)20/h1-3,6,9,19H,4-5,7,17H2,(H2,18,20). The minimum atomic E-state index is -0.502. The van der Waals surface area contributed by atoms with E-state index in [0.717, 1.165) is 29.0 Å². The highest BCUT2D eigenvalue weighted by Crippen LogP contribution is 2.50. The molecule has 1 heterocycles. The number of nitrogens with two attached hydrogens (primary N) is 2. The van der Waals surface area contributed by atoms with Crippen LogP contribution in [0.3, 0.4) is 0 Å². The molecular weight excluding hydrogens is 289 g/mol. The molecule has 0 atom stereocenters. The molecule has 1 aliphatic carbocycles. The number of nitrogen functional groups attached to an aromatic ring is 1. The number of hydrogen-bond donors (Lipinski definition) is 3. The van der Waals surface area contributed by atoms with E-state index in [4.69, 9.17) is 11.5 Å². The van der Waals surface area contributed by atoms with Crippen LogP contribution in [0.5, 0.6) is 0 Å². The Bertz CT molecular complexity index is 694. The van der Waals surface area contributed by atoms with Gasteiger partial charge in [0.05, 0.1) is 10.7 Å². The van der Waals surface area contributed by atoms with Crippen molar-refractivity contribution in [2.75, 3.05) is 11.1 Å². The zero-order valence-corrected chi connectivity index (χ0v) is 12.2. The summed E-state index contributed by atoms with van der Waals surface area (Å²) in [6.45, 7) is 0.482. The molecule has 0 bridgehead atoms. The van der Waals surface area contributed by atoms with Crippen molar-refractivity contribution in [1.29, 1.82) is 0 Å². The number of thiophene rings is 1. The summed E-state index contributed by atoms with van der Waals surface area (Å²) in [5.74, 6) is -0.359. The van der Waals surface area contributed by atoms with Crippen LogP contribution >= 0.6 is 11.3 Å². The quantitative estimate of drug-likeness (QED) is 0.794. The SMILES string of the molecule is NC(=O)c1sc(NCc2cccc(F)c2)c(C2CC2)c1N. The Kier molecular flexibility index (Phi) is 3.55. The highest BCUT2D eigenvalue weighted by Gasteiger charge is 2.32. The number of nitrogens with one attached hydrogen (secondary N) is 1. The Morgan fingerprint density at radius 1 is 1.43 bits per heavy atom. The van der Waals surface area contributed by atoms with Gasteiger partial charge in [0.15, 0.2) is 0 Å². The number of carbonyl (C=O) groups is 1. The Labute approximate surface area is 126 Å². The summed E-state index contributed by atoms with van der Waals surface area (Å²) in [6, 6.07) is 6.41. The van der Waals surface area contributed by atoms with Gasteiger partial charge in [-0.05, 0) is 36.5 Å². The van der Waals surface area contributed by atoms with Crippen molar-refractivity contribution in [2.24, 2.45) is 5.73 Å². The number of hydrogen-bond acceptors (Lipinski definition) is 4. The summed E-state index contributed by atoms with van der Waals surface area (Å²) in [5, 5.41) is 4.13. The first kappa shape index (κ1) is 13.9. The molecule has 1 saturated carbocycles. The van der Waals surface area contributed by atoms with Gasteiger partial charge in [-0.2, -0.15) is 0 Å². The lowest BCUT2D eigenvalue weighted by Gasteiger charge is -2.07. The normalized spacial score (nSPS) is 14.1. The monoisotopic (exact) mass is 305 g/mol. The third-order valence-electron chi connectivity index (χ3n) is 3.54. The number of halogens is 1. The molecule has 0 radical (unpaired) electrons. The van der Waals surface area contributed by atoms with Crippen LogP contribution in [0.25, 0.3) is 0 Å². The largest absolute Gasteiger partial charge is 0.397 e. The van der Waals surface area contributed by atoms with Gasteiger partial charge in [-0.25, -0.2) is 4.39 Å². The molecule has 2 aromatic rings. The molecule has 0 spiro atoms. The van der Waals surface area contributed by atoms with Crippen molar-refractivity contribution in [3.8, 4) is 0 Å². The molecule has 0 aliphatic heterocycles. The summed E-state index contributed by atoms with van der Waals surface area (Å²) in [7, 11) is 0. The molecule has 1 aromatic carbocycles. The highest BCUT2D eigenvalue weighted by molar-refractivity contribution is 7.18. The second kappa shape index (κ2) is 5.37. The maximum absolute atomic E-state index is 13.2. The number of anilines is 2. The molecule has 3 rings (SSSR count). The molecule has 110 valence electrons. The predicted octanol–water partition coefficient (Wildman–Crippen LogP) is 3.06. The molecule has 0 unspecified atom stereocenters. The van der Waals surface area contributed by atoms with E-state index < -0.39 is 5.91 Å². The average Bonchev–Trinajstić information content (AvgIpc) is 3.20. The lowest BCUT2D eigenvalue weighted by atomic mass is 10.1. The molecule has 4 nitrogen and oxygen atoms in total. The fraction of sp³-hybridized carbons (Fsp3) is 0.267. The van der Waals surface area contributed by atoms with Crippen molar-refractivity contribution < 1.29 is 9.18 Å². The minimum Gasteiger partial charge on any atom is -0.397 e. The molecule has 6 heteroatoms. The van der Waals surface area contributed by atoms with E-state index in [1.807, 2.05) is 6.07 Å². The Morgan fingerprint density at radius 2 is 2.19 bits per heavy atom. The second-order valence-electron chi connectivity index (χ2n) is 5.21. The smallest absolute Gasteiger partial charge is 0.260 e. The van der Waals surface area contributed by atoms with E-state index in [2.05, 4.69) is 5.32 Å². The molecule has 0 saturated heterocycles. The van der Waals surface area contributed by atoms with Gasteiger partial charge in [0.2, 0.25) is 0 Å². The van der Waals surface area contributed by atoms with Crippen molar-refractivity contribution in [3.05, 3.63) is 46.1 Å². The van der Waals surface area contributed by atoms with Gasteiger partial charge in [-0.15, -0.1) is 11.3 Å². The third-order valence-corrected chi connectivity index (χ3v) is 4.73. The van der Waals surface area contributed by atoms with Crippen molar-refractivity contribution >= 4 is 27.9 Å². The van der Waals surface area contributed by atoms with Crippen LogP contribution in [0.1, 0.15) is 39.6 Å². The van der Waals surface area contributed by atoms with Crippen LogP contribution in [0.15, 0.2) is 24.3 Å². The first-order chi connectivity index (χ1) is 10.1. The highest BCUT2D eigenvalue weighted by atomic mass is 32.1. The van der Waals surface area contributed by atoms with Gasteiger partial charge in [0, 0.05) is 12.1 Å². The first-order valence-electron chi connectivity index (χ1n) is 6.76. The summed E-state index contributed by atoms with van der Waals surface area (Å²) >= 11 is 1.28. The van der Waals surface area contributed by atoms with Crippen molar-refractivity contribution in [1.82, 2.24) is 0 Å². The van der Waals surface area contributed by atoms with Crippen LogP contribution in [0.4, 0.5) is 15.1 Å². The molecule has 1 aliphatic rings. The van der Waals surface area contributed by atoms with Gasteiger partial charge in [0.25, 0.3) is 5.91 Å². The maximum atomic E-state index is 13.2. The number of carbonyl (C=O) groups excluding carboxylic acids is 1. The summed E-state index contributed by atoms with van der Waals surface area (Å²) < 4.78 is 13.2. The summed E-state index contributed by atoms with van der Waals surface area (Å²) in [4.78, 5) is 11.8. The van der Waals surface area contributed by atoms with Gasteiger partial charge in [-0.3, -0.25) is 4.79 Å². The third kappa shape index (κ3) is 2.85. The van der Waals surface area contributed by atoms with E-state index in [1.165, 1.54) is 23.5 Å². The number of rotatable bonds is 5. The van der Waals surface area contributed by atoms with Crippen LogP contribution in [0, 0.1) is 5.82 Å². The van der Waals surface area contributed by atoms with Gasteiger partial charge >= 0.3 is 0 Å². The minimum absolute atomic E-state index is 0.264. The van der Waals surface area contributed by atoms with Gasteiger partial charge < -0.3 is 16.8 Å². The van der Waals surface area contributed by atoms with Crippen LogP contribution < -0.4 is 16.8 Å². The topological polar surface area (TPSA) is 81.1 Å².